The van der Waals surface area contributed by atoms with Gasteiger partial charge in [-0.15, -0.1) is 0 Å². The lowest BCUT2D eigenvalue weighted by Gasteiger charge is -2.07. The smallest absolute Gasteiger partial charge is 0.252 e. The molecule has 0 fully saturated rings. The average Bonchev–Trinajstić information content (AvgIpc) is 2.58. The fraction of sp³-hybridized carbons (Fsp3) is 0.235. The largest absolute Gasteiger partial charge is 0.366 e. The minimum absolute atomic E-state index is 0.104. The first-order valence-electron chi connectivity index (χ1n) is 7.20. The zero-order valence-electron chi connectivity index (χ0n) is 12.5. The van der Waals surface area contributed by atoms with Crippen LogP contribution in [0.25, 0.3) is 0 Å². The van der Waals surface area contributed by atoms with Crippen molar-refractivity contribution in [2.45, 2.75) is 19.9 Å². The molecular formula is C17H18N4O. The molecule has 1 aromatic carbocycles. The Morgan fingerprint density at radius 3 is 2.59 bits per heavy atom. The molecule has 0 aliphatic rings. The fourth-order valence-corrected chi connectivity index (χ4v) is 1.86. The molecule has 0 atom stereocenters. The highest BCUT2D eigenvalue weighted by atomic mass is 16.1. The number of nitrogens with one attached hydrogen (secondary N) is 2. The first-order chi connectivity index (χ1) is 10.7. The standard InChI is InChI=1S/C17H18N4O/c1-2-9-19-17(22)15-7-8-16(21-12-15)20-11-14-5-3-13(10-18)4-6-14/h3-8,12H,2,9,11H2,1H3,(H,19,22)(H,20,21). The molecule has 2 N–H and O–H groups in total. The summed E-state index contributed by atoms with van der Waals surface area (Å²) in [6, 6.07) is 13.0. The second-order valence-corrected chi connectivity index (χ2v) is 4.85. The maximum absolute atomic E-state index is 11.8. The molecule has 0 bridgehead atoms. The van der Waals surface area contributed by atoms with E-state index in [0.717, 1.165) is 12.0 Å². The summed E-state index contributed by atoms with van der Waals surface area (Å²) in [5.74, 6) is 0.601. The van der Waals surface area contributed by atoms with Crippen molar-refractivity contribution in [2.24, 2.45) is 0 Å². The molecule has 112 valence electrons. The lowest BCUT2D eigenvalue weighted by Crippen LogP contribution is -2.24. The highest BCUT2D eigenvalue weighted by molar-refractivity contribution is 5.93. The van der Waals surface area contributed by atoms with Crippen LogP contribution < -0.4 is 10.6 Å². The van der Waals surface area contributed by atoms with E-state index < -0.39 is 0 Å². The van der Waals surface area contributed by atoms with E-state index >= 15 is 0 Å². The van der Waals surface area contributed by atoms with E-state index in [9.17, 15) is 4.79 Å². The molecule has 0 unspecified atom stereocenters. The van der Waals surface area contributed by atoms with Gasteiger partial charge < -0.3 is 10.6 Å². The van der Waals surface area contributed by atoms with Crippen LogP contribution in [0.2, 0.25) is 0 Å². The lowest BCUT2D eigenvalue weighted by atomic mass is 10.1. The van der Waals surface area contributed by atoms with E-state index in [1.165, 1.54) is 0 Å². The van der Waals surface area contributed by atoms with Crippen molar-refractivity contribution in [3.8, 4) is 6.07 Å². The number of aromatic nitrogens is 1. The van der Waals surface area contributed by atoms with E-state index in [4.69, 9.17) is 5.26 Å². The summed E-state index contributed by atoms with van der Waals surface area (Å²) in [7, 11) is 0. The van der Waals surface area contributed by atoms with Crippen LogP contribution in [0, 0.1) is 11.3 Å². The van der Waals surface area contributed by atoms with Crippen molar-refractivity contribution >= 4 is 11.7 Å². The molecule has 5 heteroatoms. The molecule has 0 saturated heterocycles. The topological polar surface area (TPSA) is 77.8 Å². The van der Waals surface area contributed by atoms with Crippen LogP contribution in [-0.4, -0.2) is 17.4 Å². The molecule has 0 spiro atoms. The predicted molar refractivity (Wildman–Crippen MR) is 85.3 cm³/mol. The van der Waals surface area contributed by atoms with Crippen molar-refractivity contribution < 1.29 is 4.79 Å². The summed E-state index contributed by atoms with van der Waals surface area (Å²) in [6.07, 6.45) is 2.47. The van der Waals surface area contributed by atoms with Gasteiger partial charge in [-0.2, -0.15) is 5.26 Å². The Hall–Kier alpha value is -2.87. The van der Waals surface area contributed by atoms with Crippen LogP contribution >= 0.6 is 0 Å². The molecule has 0 radical (unpaired) electrons. The van der Waals surface area contributed by atoms with Gasteiger partial charge in [-0.1, -0.05) is 19.1 Å². The van der Waals surface area contributed by atoms with Crippen LogP contribution in [0.15, 0.2) is 42.6 Å². The van der Waals surface area contributed by atoms with Crippen LogP contribution in [0.5, 0.6) is 0 Å². The van der Waals surface area contributed by atoms with E-state index in [0.29, 0.717) is 30.0 Å². The summed E-state index contributed by atoms with van der Waals surface area (Å²) in [4.78, 5) is 16.0. The van der Waals surface area contributed by atoms with Crippen LogP contribution in [0.3, 0.4) is 0 Å². The molecule has 1 amide bonds. The highest BCUT2D eigenvalue weighted by Crippen LogP contribution is 2.09. The summed E-state index contributed by atoms with van der Waals surface area (Å²) < 4.78 is 0. The highest BCUT2D eigenvalue weighted by Gasteiger charge is 2.04. The van der Waals surface area contributed by atoms with Crippen molar-refractivity contribution in [1.29, 1.82) is 5.26 Å². The van der Waals surface area contributed by atoms with Crippen LogP contribution in [0.1, 0.15) is 34.8 Å². The van der Waals surface area contributed by atoms with Gasteiger partial charge in [0.2, 0.25) is 0 Å². The van der Waals surface area contributed by atoms with E-state index in [2.05, 4.69) is 21.7 Å². The van der Waals surface area contributed by atoms with Crippen molar-refractivity contribution in [3.05, 3.63) is 59.3 Å². The molecule has 0 saturated carbocycles. The number of pyridine rings is 1. The molecule has 0 aliphatic carbocycles. The van der Waals surface area contributed by atoms with Gasteiger partial charge in [0.1, 0.15) is 5.82 Å². The Labute approximate surface area is 130 Å². The Bertz CT molecular complexity index is 657. The Balaban J connectivity index is 1.90. The zero-order chi connectivity index (χ0) is 15.8. The van der Waals surface area contributed by atoms with Gasteiger partial charge in [0.25, 0.3) is 5.91 Å². The first-order valence-corrected chi connectivity index (χ1v) is 7.20. The molecule has 1 aromatic heterocycles. The number of carbonyl (C=O) groups excluding carboxylic acids is 1. The number of hydrogen-bond acceptors (Lipinski definition) is 4. The Morgan fingerprint density at radius 1 is 1.23 bits per heavy atom. The molecule has 2 rings (SSSR count). The quantitative estimate of drug-likeness (QED) is 0.858. The summed E-state index contributed by atoms with van der Waals surface area (Å²) in [6.45, 7) is 3.28. The average molecular weight is 294 g/mol. The lowest BCUT2D eigenvalue weighted by molar-refractivity contribution is 0.0953. The minimum atomic E-state index is -0.104. The van der Waals surface area contributed by atoms with Gasteiger partial charge in [0.15, 0.2) is 0 Å². The molecule has 22 heavy (non-hydrogen) atoms. The van der Waals surface area contributed by atoms with E-state index in [-0.39, 0.29) is 5.91 Å². The van der Waals surface area contributed by atoms with Gasteiger partial charge in [-0.25, -0.2) is 4.98 Å². The van der Waals surface area contributed by atoms with Crippen LogP contribution in [-0.2, 0) is 6.54 Å². The Kier molecular flexibility index (Phi) is 5.50. The Morgan fingerprint density at radius 2 is 2.00 bits per heavy atom. The SMILES string of the molecule is CCCNC(=O)c1ccc(NCc2ccc(C#N)cc2)nc1. The maximum Gasteiger partial charge on any atom is 0.252 e. The second-order valence-electron chi connectivity index (χ2n) is 4.85. The third-order valence-electron chi connectivity index (χ3n) is 3.12. The zero-order valence-corrected chi connectivity index (χ0v) is 12.5. The first kappa shape index (κ1) is 15.5. The van der Waals surface area contributed by atoms with Crippen molar-refractivity contribution in [2.75, 3.05) is 11.9 Å². The minimum Gasteiger partial charge on any atom is -0.366 e. The number of nitrogens with zero attached hydrogens (tertiary/aromatic N) is 2. The number of hydrogen-bond donors (Lipinski definition) is 2. The van der Waals surface area contributed by atoms with Crippen LogP contribution in [0.4, 0.5) is 5.82 Å². The number of anilines is 1. The van der Waals surface area contributed by atoms with Gasteiger partial charge >= 0.3 is 0 Å². The van der Waals surface area contributed by atoms with Gasteiger partial charge in [-0.05, 0) is 36.2 Å². The molecule has 0 aliphatic heterocycles. The monoisotopic (exact) mass is 294 g/mol. The molecular weight excluding hydrogens is 276 g/mol. The number of nitriles is 1. The van der Waals surface area contributed by atoms with Crippen molar-refractivity contribution in [1.82, 2.24) is 10.3 Å². The third kappa shape index (κ3) is 4.32. The second kappa shape index (κ2) is 7.79. The third-order valence-corrected chi connectivity index (χ3v) is 3.12. The normalized spacial score (nSPS) is 9.82. The number of rotatable bonds is 6. The summed E-state index contributed by atoms with van der Waals surface area (Å²) >= 11 is 0. The maximum atomic E-state index is 11.8. The van der Waals surface area contributed by atoms with Crippen molar-refractivity contribution in [3.63, 3.8) is 0 Å². The summed E-state index contributed by atoms with van der Waals surface area (Å²) in [5, 5.41) is 14.7. The number of amides is 1. The number of carbonyl (C=O) groups is 1. The van der Waals surface area contributed by atoms with Gasteiger partial charge in [0, 0.05) is 19.3 Å². The van der Waals surface area contributed by atoms with Gasteiger partial charge in [0.05, 0.1) is 17.2 Å². The molecule has 2 aromatic rings. The van der Waals surface area contributed by atoms with E-state index in [1.807, 2.05) is 19.1 Å². The van der Waals surface area contributed by atoms with Gasteiger partial charge in [-0.3, -0.25) is 4.79 Å². The fourth-order valence-electron chi connectivity index (χ4n) is 1.86. The molecule has 5 nitrogen and oxygen atoms in total. The summed E-state index contributed by atoms with van der Waals surface area (Å²) in [5.41, 5.74) is 2.26. The molecule has 1 heterocycles. The van der Waals surface area contributed by atoms with E-state index in [1.54, 1.807) is 30.5 Å². The predicted octanol–water partition coefficient (Wildman–Crippen LogP) is 2.71. The number of benzene rings is 1.